The fourth-order valence-corrected chi connectivity index (χ4v) is 2.58. The number of esters is 3. The van der Waals surface area contributed by atoms with E-state index in [0.717, 1.165) is 26.2 Å². The summed E-state index contributed by atoms with van der Waals surface area (Å²) in [6.45, 7) is 4.10. The van der Waals surface area contributed by atoms with Gasteiger partial charge in [-0.05, 0) is 19.9 Å². The molecule has 0 fully saturated rings. The van der Waals surface area contributed by atoms with Crippen molar-refractivity contribution in [3.05, 3.63) is 0 Å². The molecular formula is C22H42N4O10. The molecule has 14 heteroatoms. The summed E-state index contributed by atoms with van der Waals surface area (Å²) in [5, 5.41) is 30.8. The molecule has 0 saturated heterocycles. The number of carbonyl (C=O) groups is 4. The third kappa shape index (κ3) is 22.0. The third-order valence-electron chi connectivity index (χ3n) is 4.42. The number of nitrogens with one attached hydrogen (secondary N) is 4. The molecule has 0 aromatic carbocycles. The number of aliphatic hydroxyl groups is 2. The van der Waals surface area contributed by atoms with Gasteiger partial charge in [-0.1, -0.05) is 0 Å². The summed E-state index contributed by atoms with van der Waals surface area (Å²) < 4.78 is 19.4. The van der Waals surface area contributed by atoms with E-state index in [1.54, 1.807) is 0 Å². The zero-order valence-electron chi connectivity index (χ0n) is 21.2. The number of hydrogen-bond donors (Lipinski definition) is 6. The quantitative estimate of drug-likeness (QED) is 0.0522. The highest BCUT2D eigenvalue weighted by molar-refractivity contribution is 5.70. The Morgan fingerprint density at radius 1 is 0.778 bits per heavy atom. The molecule has 0 radical (unpaired) electrons. The van der Waals surface area contributed by atoms with Gasteiger partial charge in [-0.2, -0.15) is 0 Å². The van der Waals surface area contributed by atoms with Crippen LogP contribution in [-0.2, 0) is 33.3 Å². The van der Waals surface area contributed by atoms with Crippen molar-refractivity contribution in [2.45, 2.75) is 44.8 Å². The molecular weight excluding hydrogens is 480 g/mol. The highest BCUT2D eigenvalue weighted by Crippen LogP contribution is 2.04. The lowest BCUT2D eigenvalue weighted by Gasteiger charge is -2.14. The second kappa shape index (κ2) is 22.9. The Hall–Kier alpha value is -2.52. The Kier molecular flexibility index (Phi) is 21.3. The number of amides is 1. The van der Waals surface area contributed by atoms with Gasteiger partial charge < -0.3 is 50.4 Å². The molecule has 210 valence electrons. The van der Waals surface area contributed by atoms with Gasteiger partial charge in [-0.25, -0.2) is 4.79 Å². The van der Waals surface area contributed by atoms with Gasteiger partial charge in [-0.15, -0.1) is 0 Å². The van der Waals surface area contributed by atoms with Crippen molar-refractivity contribution in [2.75, 3.05) is 72.7 Å². The van der Waals surface area contributed by atoms with Gasteiger partial charge in [0.2, 0.25) is 0 Å². The smallest absolute Gasteiger partial charge is 0.407 e. The maximum absolute atomic E-state index is 11.7. The van der Waals surface area contributed by atoms with Crippen LogP contribution < -0.4 is 21.3 Å². The van der Waals surface area contributed by atoms with Crippen molar-refractivity contribution in [3.8, 4) is 0 Å². The van der Waals surface area contributed by atoms with E-state index in [2.05, 4.69) is 21.3 Å². The topological polar surface area (TPSA) is 194 Å². The van der Waals surface area contributed by atoms with Crippen LogP contribution in [0.5, 0.6) is 0 Å². The normalized spacial score (nSPS) is 12.3. The van der Waals surface area contributed by atoms with Crippen LogP contribution in [-0.4, -0.2) is 119 Å². The van der Waals surface area contributed by atoms with E-state index in [1.807, 2.05) is 7.05 Å². The van der Waals surface area contributed by atoms with Crippen molar-refractivity contribution >= 4 is 24.0 Å². The Bertz CT molecular complexity index is 624. The predicted octanol–water partition coefficient (Wildman–Crippen LogP) is -1.96. The Morgan fingerprint density at radius 3 is 1.86 bits per heavy atom. The summed E-state index contributed by atoms with van der Waals surface area (Å²) in [6.07, 6.45) is -1.96. The summed E-state index contributed by atoms with van der Waals surface area (Å²) in [5.74, 6) is -1.70. The van der Waals surface area contributed by atoms with Crippen LogP contribution in [0.1, 0.15) is 32.6 Å². The maximum atomic E-state index is 11.7. The van der Waals surface area contributed by atoms with E-state index in [0.29, 0.717) is 25.9 Å². The molecule has 2 unspecified atom stereocenters. The van der Waals surface area contributed by atoms with Crippen LogP contribution in [0.2, 0.25) is 0 Å². The molecule has 2 atom stereocenters. The van der Waals surface area contributed by atoms with E-state index >= 15 is 0 Å². The van der Waals surface area contributed by atoms with E-state index < -0.39 is 42.8 Å². The average Bonchev–Trinajstić information content (AvgIpc) is 2.85. The van der Waals surface area contributed by atoms with Crippen LogP contribution in [0.25, 0.3) is 0 Å². The molecule has 6 N–H and O–H groups in total. The van der Waals surface area contributed by atoms with Crippen molar-refractivity contribution in [3.63, 3.8) is 0 Å². The van der Waals surface area contributed by atoms with Crippen molar-refractivity contribution in [2.24, 2.45) is 0 Å². The molecule has 0 saturated carbocycles. The van der Waals surface area contributed by atoms with Crippen LogP contribution in [0, 0.1) is 0 Å². The van der Waals surface area contributed by atoms with Gasteiger partial charge in [0.1, 0.15) is 25.9 Å². The fourth-order valence-electron chi connectivity index (χ4n) is 2.58. The molecule has 0 spiro atoms. The van der Waals surface area contributed by atoms with E-state index in [9.17, 15) is 24.3 Å². The lowest BCUT2D eigenvalue weighted by atomic mass is 10.2. The maximum Gasteiger partial charge on any atom is 0.407 e. The molecule has 36 heavy (non-hydrogen) atoms. The Morgan fingerprint density at radius 2 is 1.31 bits per heavy atom. The minimum absolute atomic E-state index is 0.0338. The number of rotatable bonds is 22. The van der Waals surface area contributed by atoms with Gasteiger partial charge in [0.05, 0.1) is 6.61 Å². The number of ether oxygens (including phenoxy) is 4. The summed E-state index contributed by atoms with van der Waals surface area (Å²) >= 11 is 0. The molecule has 0 aromatic rings. The summed E-state index contributed by atoms with van der Waals surface area (Å²) in [6, 6.07) is 0. The fraction of sp³-hybridized carbons (Fsp3) is 0.818. The Balaban J connectivity index is 3.68. The zero-order valence-corrected chi connectivity index (χ0v) is 21.2. The van der Waals surface area contributed by atoms with Crippen LogP contribution in [0.15, 0.2) is 0 Å². The molecule has 0 aliphatic carbocycles. The summed E-state index contributed by atoms with van der Waals surface area (Å²) in [5.41, 5.74) is 0. The van der Waals surface area contributed by atoms with Gasteiger partial charge >= 0.3 is 24.0 Å². The van der Waals surface area contributed by atoms with Gasteiger partial charge in [0, 0.05) is 59.0 Å². The van der Waals surface area contributed by atoms with E-state index in [4.69, 9.17) is 24.1 Å². The lowest BCUT2D eigenvalue weighted by molar-refractivity contribution is -0.159. The molecule has 0 bridgehead atoms. The van der Waals surface area contributed by atoms with Gasteiger partial charge in [0.15, 0.2) is 6.10 Å². The first-order valence-electron chi connectivity index (χ1n) is 12.0. The number of alkyl carbamates (subject to hydrolysis) is 1. The monoisotopic (exact) mass is 522 g/mol. The minimum atomic E-state index is -1.16. The second-order valence-electron chi connectivity index (χ2n) is 7.77. The van der Waals surface area contributed by atoms with Crippen LogP contribution in [0.4, 0.5) is 4.79 Å². The van der Waals surface area contributed by atoms with Crippen molar-refractivity contribution in [1.29, 1.82) is 0 Å². The zero-order chi connectivity index (χ0) is 27.0. The van der Waals surface area contributed by atoms with Crippen LogP contribution >= 0.6 is 0 Å². The molecule has 1 amide bonds. The van der Waals surface area contributed by atoms with Crippen molar-refractivity contribution in [1.82, 2.24) is 21.3 Å². The third-order valence-corrected chi connectivity index (χ3v) is 4.42. The molecule has 0 aliphatic rings. The first-order valence-corrected chi connectivity index (χ1v) is 12.0. The lowest BCUT2D eigenvalue weighted by Crippen LogP contribution is -2.37. The largest absolute Gasteiger partial charge is 0.463 e. The molecule has 0 heterocycles. The number of unbranched alkanes of at least 4 members (excludes halogenated alkanes) is 1. The minimum Gasteiger partial charge on any atom is -0.463 e. The highest BCUT2D eigenvalue weighted by atomic mass is 16.6. The SMILES string of the molecule is CNCCNCCNCCNC(=O)OCC(O)COC(=O)CCCCC(=O)OCC(CO)OC(C)=O. The molecule has 0 aromatic heterocycles. The first-order chi connectivity index (χ1) is 17.3. The van der Waals surface area contributed by atoms with Gasteiger partial charge in [0.25, 0.3) is 0 Å². The second-order valence-corrected chi connectivity index (χ2v) is 7.77. The van der Waals surface area contributed by atoms with Crippen molar-refractivity contribution < 1.29 is 48.3 Å². The number of aliphatic hydroxyl groups excluding tert-OH is 2. The summed E-state index contributed by atoms with van der Waals surface area (Å²) in [7, 11) is 1.89. The first kappa shape index (κ1) is 33.5. The molecule has 14 nitrogen and oxygen atoms in total. The highest BCUT2D eigenvalue weighted by Gasteiger charge is 2.15. The van der Waals surface area contributed by atoms with Crippen LogP contribution in [0.3, 0.4) is 0 Å². The van der Waals surface area contributed by atoms with E-state index in [1.165, 1.54) is 6.92 Å². The summed E-state index contributed by atoms with van der Waals surface area (Å²) in [4.78, 5) is 45.8. The number of carbonyl (C=O) groups excluding carboxylic acids is 4. The standard InChI is InChI=1S/C22H42N4O10/c1-17(28)36-19(13-27)16-34-21(31)6-4-3-5-20(30)33-14-18(29)15-35-22(32)26-12-11-25-10-9-24-8-7-23-2/h18-19,23-25,27,29H,3-16H2,1-2H3,(H,26,32). The Labute approximate surface area is 211 Å². The number of likely N-dealkylation sites (N-methyl/N-ethyl adjacent to an activating group) is 1. The number of hydrogen-bond acceptors (Lipinski definition) is 13. The van der Waals surface area contributed by atoms with Gasteiger partial charge in [-0.3, -0.25) is 14.4 Å². The molecule has 0 aliphatic heterocycles. The predicted molar refractivity (Wildman–Crippen MR) is 128 cm³/mol. The average molecular weight is 523 g/mol. The molecule has 0 rings (SSSR count). The van der Waals surface area contributed by atoms with E-state index in [-0.39, 0.29) is 32.7 Å².